The minimum absolute atomic E-state index is 0.0287. The Bertz CT molecular complexity index is 794. The number of benzene rings is 1. The molecule has 28 heavy (non-hydrogen) atoms. The predicted octanol–water partition coefficient (Wildman–Crippen LogP) is 3.61. The lowest BCUT2D eigenvalue weighted by Gasteiger charge is -2.45. The number of likely N-dealkylation sites (tertiary alicyclic amines) is 1. The largest absolute Gasteiger partial charge is 0.447 e. The summed E-state index contributed by atoms with van der Waals surface area (Å²) in [6, 6.07) is 4.56. The Hall–Kier alpha value is -2.25. The molecule has 0 unspecified atom stereocenters. The summed E-state index contributed by atoms with van der Waals surface area (Å²) in [7, 11) is 0. The second-order valence-electron chi connectivity index (χ2n) is 8.26. The average Bonchev–Trinajstić information content (AvgIpc) is 3.02. The quantitative estimate of drug-likeness (QED) is 0.831. The molecule has 2 heterocycles. The Kier molecular flexibility index (Phi) is 4.55. The molecule has 3 fully saturated rings. The van der Waals surface area contributed by atoms with E-state index in [1.54, 1.807) is 6.07 Å². The summed E-state index contributed by atoms with van der Waals surface area (Å²) in [5.41, 5.74) is -0.0423. The van der Waals surface area contributed by atoms with Gasteiger partial charge in [-0.2, -0.15) is 13.2 Å². The lowest BCUT2D eigenvalue weighted by molar-refractivity contribution is -0.142. The summed E-state index contributed by atoms with van der Waals surface area (Å²) in [6.45, 7) is 2.87. The second-order valence-corrected chi connectivity index (χ2v) is 8.26. The third-order valence-corrected chi connectivity index (χ3v) is 6.32. The van der Waals surface area contributed by atoms with Crippen LogP contribution >= 0.6 is 0 Å². The number of cyclic esters (lactones) is 1. The molecule has 4 rings (SSSR count). The molecule has 1 aromatic rings. The normalized spacial score (nSPS) is 28.1. The van der Waals surface area contributed by atoms with Gasteiger partial charge in [-0.15, -0.1) is 0 Å². The minimum Gasteiger partial charge on any atom is -0.447 e. The third-order valence-electron chi connectivity index (χ3n) is 6.32. The summed E-state index contributed by atoms with van der Waals surface area (Å²) < 4.78 is 44.4. The van der Waals surface area contributed by atoms with Crippen LogP contribution in [0, 0.1) is 12.8 Å². The van der Waals surface area contributed by atoms with Gasteiger partial charge in [0, 0.05) is 19.0 Å². The highest BCUT2D eigenvalue weighted by molar-refractivity contribution is 5.81. The number of carbonyl (C=O) groups is 2. The number of piperidine rings is 1. The fraction of sp³-hybridized carbons (Fsp3) is 0.600. The predicted molar refractivity (Wildman–Crippen MR) is 94.7 cm³/mol. The number of alkyl carbamates (subject to hydrolysis) is 1. The van der Waals surface area contributed by atoms with Crippen LogP contribution in [0.4, 0.5) is 18.0 Å². The third kappa shape index (κ3) is 3.44. The van der Waals surface area contributed by atoms with E-state index in [1.165, 1.54) is 19.1 Å². The lowest BCUT2D eigenvalue weighted by Crippen LogP contribution is -2.58. The fourth-order valence-corrected chi connectivity index (χ4v) is 4.66. The van der Waals surface area contributed by atoms with E-state index in [0.29, 0.717) is 50.9 Å². The first kappa shape index (κ1) is 19.1. The fourth-order valence-electron chi connectivity index (χ4n) is 4.66. The molecule has 3 aliphatic rings. The molecule has 5 nitrogen and oxygen atoms in total. The van der Waals surface area contributed by atoms with Gasteiger partial charge in [-0.1, -0.05) is 12.1 Å². The van der Waals surface area contributed by atoms with Gasteiger partial charge < -0.3 is 15.0 Å². The van der Waals surface area contributed by atoms with Crippen molar-refractivity contribution >= 4 is 12.0 Å². The first-order valence-electron chi connectivity index (χ1n) is 9.58. The van der Waals surface area contributed by atoms with Crippen LogP contribution in [-0.2, 0) is 15.7 Å². The molecule has 0 aromatic heterocycles. The van der Waals surface area contributed by atoms with Crippen molar-refractivity contribution in [3.05, 3.63) is 34.9 Å². The molecule has 2 amide bonds. The summed E-state index contributed by atoms with van der Waals surface area (Å²) >= 11 is 0. The number of ether oxygens (including phenoxy) is 1. The van der Waals surface area contributed by atoms with Gasteiger partial charge in [0.1, 0.15) is 6.61 Å². The van der Waals surface area contributed by atoms with Crippen molar-refractivity contribution in [3.8, 4) is 0 Å². The maximum absolute atomic E-state index is 13.2. The highest BCUT2D eigenvalue weighted by Gasteiger charge is 2.53. The first-order chi connectivity index (χ1) is 13.2. The SMILES string of the molecule is Cc1ccc(C2CCN(C(=O)[C@H]3C[C@]4(COC(=O)N4)C3)CC2)cc1C(F)(F)F. The van der Waals surface area contributed by atoms with Crippen molar-refractivity contribution in [2.75, 3.05) is 19.7 Å². The van der Waals surface area contributed by atoms with Gasteiger partial charge in [0.2, 0.25) is 5.91 Å². The summed E-state index contributed by atoms with van der Waals surface area (Å²) in [5, 5.41) is 2.78. The lowest BCUT2D eigenvalue weighted by atomic mass is 9.68. The molecule has 1 aliphatic carbocycles. The number of hydrogen-bond acceptors (Lipinski definition) is 3. The molecule has 1 N–H and O–H groups in total. The highest BCUT2D eigenvalue weighted by Crippen LogP contribution is 2.42. The number of aryl methyl sites for hydroxylation is 1. The highest BCUT2D eigenvalue weighted by atomic mass is 19.4. The van der Waals surface area contributed by atoms with E-state index in [1.807, 2.05) is 4.90 Å². The van der Waals surface area contributed by atoms with Gasteiger partial charge in [-0.05, 0) is 55.7 Å². The first-order valence-corrected chi connectivity index (χ1v) is 9.58. The van der Waals surface area contributed by atoms with Gasteiger partial charge in [0.05, 0.1) is 11.1 Å². The van der Waals surface area contributed by atoms with Gasteiger partial charge >= 0.3 is 12.3 Å². The van der Waals surface area contributed by atoms with Crippen LogP contribution in [0.15, 0.2) is 18.2 Å². The summed E-state index contributed by atoms with van der Waals surface area (Å²) in [5.74, 6) is -0.0131. The Morgan fingerprint density at radius 3 is 2.50 bits per heavy atom. The minimum atomic E-state index is -4.35. The van der Waals surface area contributed by atoms with Crippen LogP contribution < -0.4 is 5.32 Å². The number of hydrogen-bond donors (Lipinski definition) is 1. The van der Waals surface area contributed by atoms with Crippen molar-refractivity contribution in [3.63, 3.8) is 0 Å². The van der Waals surface area contributed by atoms with Crippen molar-refractivity contribution in [1.29, 1.82) is 0 Å². The van der Waals surface area contributed by atoms with Gasteiger partial charge in [-0.25, -0.2) is 4.79 Å². The second kappa shape index (κ2) is 6.67. The van der Waals surface area contributed by atoms with Gasteiger partial charge in [0.25, 0.3) is 0 Å². The molecule has 1 saturated carbocycles. The topological polar surface area (TPSA) is 58.6 Å². The van der Waals surface area contributed by atoms with Crippen molar-refractivity contribution in [2.45, 2.75) is 50.2 Å². The van der Waals surface area contributed by atoms with Crippen LogP contribution in [0.1, 0.15) is 48.3 Å². The molecule has 8 heteroatoms. The van der Waals surface area contributed by atoms with E-state index in [0.717, 1.165) is 0 Å². The molecular formula is C20H23F3N2O3. The smallest absolute Gasteiger partial charge is 0.416 e. The summed E-state index contributed by atoms with van der Waals surface area (Å²) in [4.78, 5) is 25.7. The van der Waals surface area contributed by atoms with Gasteiger partial charge in [0.15, 0.2) is 0 Å². The number of amides is 2. The molecular weight excluding hydrogens is 373 g/mol. The van der Waals surface area contributed by atoms with E-state index >= 15 is 0 Å². The molecule has 1 aromatic carbocycles. The van der Waals surface area contributed by atoms with E-state index in [9.17, 15) is 22.8 Å². The number of alkyl halides is 3. The van der Waals surface area contributed by atoms with Crippen LogP contribution in [-0.4, -0.2) is 42.1 Å². The van der Waals surface area contributed by atoms with Crippen molar-refractivity contribution in [2.24, 2.45) is 5.92 Å². The Balaban J connectivity index is 1.34. The maximum Gasteiger partial charge on any atom is 0.416 e. The van der Waals surface area contributed by atoms with Crippen LogP contribution in [0.3, 0.4) is 0 Å². The van der Waals surface area contributed by atoms with Crippen LogP contribution in [0.2, 0.25) is 0 Å². The summed E-state index contributed by atoms with van der Waals surface area (Å²) in [6.07, 6.45) is -2.29. The van der Waals surface area contributed by atoms with E-state index < -0.39 is 17.8 Å². The molecule has 0 bridgehead atoms. The number of halogens is 3. The van der Waals surface area contributed by atoms with Crippen molar-refractivity contribution < 1.29 is 27.5 Å². The Labute approximate surface area is 161 Å². The number of nitrogens with one attached hydrogen (secondary N) is 1. The monoisotopic (exact) mass is 396 g/mol. The number of rotatable bonds is 2. The molecule has 152 valence electrons. The molecule has 2 aliphatic heterocycles. The zero-order valence-corrected chi connectivity index (χ0v) is 15.6. The Morgan fingerprint density at radius 1 is 1.25 bits per heavy atom. The molecule has 1 spiro atoms. The van der Waals surface area contributed by atoms with Crippen LogP contribution in [0.25, 0.3) is 0 Å². The van der Waals surface area contributed by atoms with Crippen molar-refractivity contribution in [1.82, 2.24) is 10.2 Å². The Morgan fingerprint density at radius 2 is 1.93 bits per heavy atom. The zero-order chi connectivity index (χ0) is 20.1. The van der Waals surface area contributed by atoms with Crippen LogP contribution in [0.5, 0.6) is 0 Å². The van der Waals surface area contributed by atoms with Gasteiger partial charge in [-0.3, -0.25) is 4.79 Å². The number of carbonyl (C=O) groups excluding carboxylic acids is 2. The number of nitrogens with zero attached hydrogens (tertiary/aromatic N) is 1. The molecule has 0 atom stereocenters. The van der Waals surface area contributed by atoms with E-state index in [4.69, 9.17) is 4.74 Å². The zero-order valence-electron chi connectivity index (χ0n) is 15.6. The standard InChI is InChI=1S/C20H23F3N2O3/c1-12-2-3-14(8-16(12)20(21,22)23)13-4-6-25(7-5-13)17(26)15-9-19(10-15)11-28-18(27)24-19/h2-3,8,13,15H,4-7,9-11H2,1H3,(H,24,27)/t15-,19+. The average molecular weight is 396 g/mol. The van der Waals surface area contributed by atoms with E-state index in [-0.39, 0.29) is 28.8 Å². The van der Waals surface area contributed by atoms with E-state index in [2.05, 4.69) is 5.32 Å². The molecule has 2 saturated heterocycles. The maximum atomic E-state index is 13.2. The molecule has 0 radical (unpaired) electrons.